The van der Waals surface area contributed by atoms with Gasteiger partial charge in [0.15, 0.2) is 5.96 Å². The molecule has 2 aliphatic rings. The van der Waals surface area contributed by atoms with E-state index in [1.54, 1.807) is 13.1 Å². The molecule has 9 heteroatoms. The van der Waals surface area contributed by atoms with Gasteiger partial charge in [-0.3, -0.25) is 4.99 Å². The SMILES string of the molecule is CN=C(NCc1cc(C(F)(F)F)ccc1N1CCN(C)CC1)N(C)CCOCC1CC1. The molecule has 31 heavy (non-hydrogen) atoms. The number of nitrogens with zero attached hydrogens (tertiary/aromatic N) is 4. The summed E-state index contributed by atoms with van der Waals surface area (Å²) in [5, 5.41) is 3.23. The molecule has 1 N–H and O–H groups in total. The Morgan fingerprint density at radius 3 is 2.55 bits per heavy atom. The van der Waals surface area contributed by atoms with Crippen LogP contribution >= 0.6 is 0 Å². The molecule has 0 atom stereocenters. The number of aliphatic imine (C=N–C) groups is 1. The van der Waals surface area contributed by atoms with Crippen molar-refractivity contribution in [3.8, 4) is 0 Å². The molecule has 2 fully saturated rings. The van der Waals surface area contributed by atoms with Crippen molar-refractivity contribution in [2.75, 3.05) is 72.0 Å². The predicted octanol–water partition coefficient (Wildman–Crippen LogP) is 2.89. The number of halogens is 3. The Hall–Kier alpha value is -2.00. The highest BCUT2D eigenvalue weighted by Gasteiger charge is 2.31. The Labute approximate surface area is 183 Å². The molecular formula is C22H34F3N5O. The molecule has 0 amide bonds. The maximum absolute atomic E-state index is 13.3. The van der Waals surface area contributed by atoms with Crippen molar-refractivity contribution in [2.45, 2.75) is 25.6 Å². The van der Waals surface area contributed by atoms with Crippen molar-refractivity contribution in [3.05, 3.63) is 29.3 Å². The number of likely N-dealkylation sites (N-methyl/N-ethyl adjacent to an activating group) is 2. The van der Waals surface area contributed by atoms with E-state index in [0.29, 0.717) is 24.7 Å². The van der Waals surface area contributed by atoms with Crippen LogP contribution in [0.1, 0.15) is 24.0 Å². The van der Waals surface area contributed by atoms with Gasteiger partial charge < -0.3 is 24.8 Å². The molecule has 3 rings (SSSR count). The summed E-state index contributed by atoms with van der Waals surface area (Å²) < 4.78 is 45.7. The minimum atomic E-state index is -4.37. The number of benzene rings is 1. The highest BCUT2D eigenvalue weighted by Crippen LogP contribution is 2.33. The summed E-state index contributed by atoms with van der Waals surface area (Å²) in [4.78, 5) is 10.6. The van der Waals surface area contributed by atoms with Gasteiger partial charge in [0.25, 0.3) is 0 Å². The fourth-order valence-electron chi connectivity index (χ4n) is 3.66. The number of hydrogen-bond donors (Lipinski definition) is 1. The standard InChI is InChI=1S/C22H34F3N5O/c1-26-21(29(3)12-13-31-16-17-4-5-17)27-15-18-14-19(22(23,24)25)6-7-20(18)30-10-8-28(2)9-11-30/h6-7,14,17H,4-5,8-13,15-16H2,1-3H3,(H,26,27). The first-order valence-electron chi connectivity index (χ1n) is 10.9. The Morgan fingerprint density at radius 1 is 1.23 bits per heavy atom. The summed E-state index contributed by atoms with van der Waals surface area (Å²) in [6.07, 6.45) is -1.86. The molecule has 0 radical (unpaired) electrons. The lowest BCUT2D eigenvalue weighted by atomic mass is 10.1. The minimum Gasteiger partial charge on any atom is -0.379 e. The maximum atomic E-state index is 13.3. The lowest BCUT2D eigenvalue weighted by molar-refractivity contribution is -0.137. The summed E-state index contributed by atoms with van der Waals surface area (Å²) in [6, 6.07) is 4.03. The van der Waals surface area contributed by atoms with Gasteiger partial charge in [-0.2, -0.15) is 13.2 Å². The molecule has 0 bridgehead atoms. The Kier molecular flexibility index (Phi) is 8.05. The van der Waals surface area contributed by atoms with E-state index in [0.717, 1.165) is 44.4 Å². The van der Waals surface area contributed by atoms with Gasteiger partial charge in [0.2, 0.25) is 0 Å². The first-order valence-corrected chi connectivity index (χ1v) is 10.9. The number of rotatable bonds is 8. The Bertz CT molecular complexity index is 743. The third-order valence-corrected chi connectivity index (χ3v) is 5.88. The van der Waals surface area contributed by atoms with Crippen molar-refractivity contribution in [2.24, 2.45) is 10.9 Å². The van der Waals surface area contributed by atoms with E-state index in [1.165, 1.54) is 25.0 Å². The van der Waals surface area contributed by atoms with Crippen LogP contribution in [0.25, 0.3) is 0 Å². The van der Waals surface area contributed by atoms with Gasteiger partial charge in [0, 0.05) is 65.7 Å². The molecule has 1 aromatic carbocycles. The molecule has 0 aromatic heterocycles. The van der Waals surface area contributed by atoms with E-state index >= 15 is 0 Å². The number of alkyl halides is 3. The zero-order valence-electron chi connectivity index (χ0n) is 18.7. The molecule has 1 saturated carbocycles. The molecule has 1 heterocycles. The number of hydrogen-bond acceptors (Lipinski definition) is 4. The van der Waals surface area contributed by atoms with Crippen LogP contribution < -0.4 is 10.2 Å². The topological polar surface area (TPSA) is 43.3 Å². The molecule has 1 aromatic rings. The van der Waals surface area contributed by atoms with Crippen molar-refractivity contribution < 1.29 is 17.9 Å². The number of guanidine groups is 1. The van der Waals surface area contributed by atoms with Crippen molar-refractivity contribution >= 4 is 11.6 Å². The van der Waals surface area contributed by atoms with E-state index in [1.807, 2.05) is 11.9 Å². The summed E-state index contributed by atoms with van der Waals surface area (Å²) >= 11 is 0. The molecule has 0 unspecified atom stereocenters. The van der Waals surface area contributed by atoms with Crippen molar-refractivity contribution in [1.29, 1.82) is 0 Å². The van der Waals surface area contributed by atoms with Crippen LogP contribution in [-0.2, 0) is 17.5 Å². The third-order valence-electron chi connectivity index (χ3n) is 5.88. The fraction of sp³-hybridized carbons (Fsp3) is 0.682. The lowest BCUT2D eigenvalue weighted by Gasteiger charge is -2.35. The highest BCUT2D eigenvalue weighted by molar-refractivity contribution is 5.79. The maximum Gasteiger partial charge on any atom is 0.416 e. The Balaban J connectivity index is 1.65. The van der Waals surface area contributed by atoms with E-state index in [-0.39, 0.29) is 6.54 Å². The first kappa shape index (κ1) is 23.7. The normalized spacial score (nSPS) is 18.4. The van der Waals surface area contributed by atoms with Gasteiger partial charge in [-0.05, 0) is 49.6 Å². The Morgan fingerprint density at radius 2 is 1.94 bits per heavy atom. The van der Waals surface area contributed by atoms with Gasteiger partial charge in [-0.15, -0.1) is 0 Å². The van der Waals surface area contributed by atoms with Gasteiger partial charge in [-0.25, -0.2) is 0 Å². The fourth-order valence-corrected chi connectivity index (χ4v) is 3.66. The van der Waals surface area contributed by atoms with Crippen LogP contribution in [0, 0.1) is 5.92 Å². The molecule has 174 valence electrons. The van der Waals surface area contributed by atoms with E-state index < -0.39 is 11.7 Å². The van der Waals surface area contributed by atoms with Gasteiger partial charge in [0.1, 0.15) is 0 Å². The molecule has 1 saturated heterocycles. The zero-order valence-corrected chi connectivity index (χ0v) is 18.7. The van der Waals surface area contributed by atoms with E-state index in [2.05, 4.69) is 27.2 Å². The molecule has 0 spiro atoms. The minimum absolute atomic E-state index is 0.269. The summed E-state index contributed by atoms with van der Waals surface area (Å²) in [5.74, 6) is 1.36. The van der Waals surface area contributed by atoms with Crippen molar-refractivity contribution in [1.82, 2.24) is 15.1 Å². The quantitative estimate of drug-likeness (QED) is 0.382. The number of ether oxygens (including phenoxy) is 1. The smallest absolute Gasteiger partial charge is 0.379 e. The molecule has 1 aliphatic carbocycles. The zero-order chi connectivity index (χ0) is 22.4. The molecular weight excluding hydrogens is 407 g/mol. The third kappa shape index (κ3) is 7.00. The van der Waals surface area contributed by atoms with Crippen LogP contribution in [0.2, 0.25) is 0 Å². The van der Waals surface area contributed by atoms with Gasteiger partial charge in [0.05, 0.1) is 12.2 Å². The highest BCUT2D eigenvalue weighted by atomic mass is 19.4. The second-order valence-electron chi connectivity index (χ2n) is 8.47. The van der Waals surface area contributed by atoms with E-state index in [4.69, 9.17) is 4.74 Å². The van der Waals surface area contributed by atoms with Crippen LogP contribution in [0.3, 0.4) is 0 Å². The summed E-state index contributed by atoms with van der Waals surface area (Å²) in [5.41, 5.74) is 0.845. The number of anilines is 1. The van der Waals surface area contributed by atoms with Crippen molar-refractivity contribution in [3.63, 3.8) is 0 Å². The monoisotopic (exact) mass is 441 g/mol. The summed E-state index contributed by atoms with van der Waals surface area (Å²) in [7, 11) is 5.64. The second kappa shape index (κ2) is 10.5. The average Bonchev–Trinajstić information content (AvgIpc) is 3.56. The average molecular weight is 442 g/mol. The van der Waals surface area contributed by atoms with Gasteiger partial charge >= 0.3 is 6.18 Å². The molecule has 6 nitrogen and oxygen atoms in total. The largest absolute Gasteiger partial charge is 0.416 e. The number of piperazine rings is 1. The lowest BCUT2D eigenvalue weighted by Crippen LogP contribution is -2.45. The van der Waals surface area contributed by atoms with Crippen LogP contribution in [0.15, 0.2) is 23.2 Å². The predicted molar refractivity (Wildman–Crippen MR) is 118 cm³/mol. The summed E-state index contributed by atoms with van der Waals surface area (Å²) in [6.45, 7) is 5.70. The first-order chi connectivity index (χ1) is 14.8. The van der Waals surface area contributed by atoms with E-state index in [9.17, 15) is 13.2 Å². The van der Waals surface area contributed by atoms with Gasteiger partial charge in [-0.1, -0.05) is 0 Å². The van der Waals surface area contributed by atoms with Crippen LogP contribution in [-0.4, -0.2) is 82.8 Å². The second-order valence-corrected chi connectivity index (χ2v) is 8.47. The van der Waals surface area contributed by atoms with Crippen LogP contribution in [0.4, 0.5) is 18.9 Å². The molecule has 1 aliphatic heterocycles. The van der Waals surface area contributed by atoms with Crippen LogP contribution in [0.5, 0.6) is 0 Å². The number of nitrogens with one attached hydrogen (secondary N) is 1.